The van der Waals surface area contributed by atoms with Crippen LogP contribution < -0.4 is 10.1 Å². The zero-order valence-electron chi connectivity index (χ0n) is 10.4. The molecule has 0 aliphatic carbocycles. The highest BCUT2D eigenvalue weighted by molar-refractivity contribution is 5.46. The lowest BCUT2D eigenvalue weighted by Gasteiger charge is -2.08. The number of benzene rings is 1. The third-order valence-corrected chi connectivity index (χ3v) is 2.38. The van der Waals surface area contributed by atoms with Gasteiger partial charge in [0.2, 0.25) is 0 Å². The van der Waals surface area contributed by atoms with Crippen molar-refractivity contribution in [1.82, 2.24) is 4.98 Å². The molecule has 1 heterocycles. The molecule has 0 saturated carbocycles. The number of nitrogens with zero attached hydrogens (tertiary/aromatic N) is 2. The van der Waals surface area contributed by atoms with E-state index >= 15 is 0 Å². The Kier molecular flexibility index (Phi) is 3.94. The highest BCUT2D eigenvalue weighted by Gasteiger charge is 2.06. The van der Waals surface area contributed by atoms with Crippen LogP contribution in [0.3, 0.4) is 0 Å². The summed E-state index contributed by atoms with van der Waals surface area (Å²) in [6.07, 6.45) is 3.16. The number of aromatic nitrogens is 1. The fourth-order valence-corrected chi connectivity index (χ4v) is 1.56. The van der Waals surface area contributed by atoms with Crippen LogP contribution >= 0.6 is 0 Å². The van der Waals surface area contributed by atoms with Gasteiger partial charge in [-0.2, -0.15) is 5.26 Å². The Hall–Kier alpha value is -2.61. The molecule has 0 atom stereocenters. The number of hydrogen-bond donors (Lipinski definition) is 1. The van der Waals surface area contributed by atoms with E-state index in [4.69, 9.17) is 10.00 Å². The number of nitrogens with one attached hydrogen (secondary N) is 1. The van der Waals surface area contributed by atoms with Crippen LogP contribution in [0.2, 0.25) is 0 Å². The van der Waals surface area contributed by atoms with Crippen molar-refractivity contribution in [3.63, 3.8) is 0 Å². The minimum Gasteiger partial charge on any atom is -0.453 e. The Labute approximate surface area is 110 Å². The van der Waals surface area contributed by atoms with Gasteiger partial charge in [-0.05, 0) is 25.1 Å². The first kappa shape index (κ1) is 12.8. The molecule has 4 nitrogen and oxygen atoms in total. The molecule has 2 rings (SSSR count). The topological polar surface area (TPSA) is 57.9 Å². The Balaban J connectivity index is 2.21. The van der Waals surface area contributed by atoms with Crippen LogP contribution in [0.25, 0.3) is 0 Å². The summed E-state index contributed by atoms with van der Waals surface area (Å²) >= 11 is 0. The number of pyridine rings is 1. The summed E-state index contributed by atoms with van der Waals surface area (Å²) in [6.45, 7) is 2.73. The molecule has 1 aromatic carbocycles. The van der Waals surface area contributed by atoms with Gasteiger partial charge in [-0.25, -0.2) is 4.39 Å². The molecule has 5 heteroatoms. The number of rotatable bonds is 4. The smallest absolute Gasteiger partial charge is 0.167 e. The van der Waals surface area contributed by atoms with Gasteiger partial charge < -0.3 is 10.1 Å². The van der Waals surface area contributed by atoms with Crippen LogP contribution in [0.4, 0.5) is 10.1 Å². The zero-order valence-corrected chi connectivity index (χ0v) is 10.4. The molecule has 2 aromatic rings. The van der Waals surface area contributed by atoms with E-state index in [0.717, 1.165) is 18.3 Å². The number of anilines is 1. The average Bonchev–Trinajstić information content (AvgIpc) is 2.42. The van der Waals surface area contributed by atoms with Crippen molar-refractivity contribution in [3.8, 4) is 17.6 Å². The van der Waals surface area contributed by atoms with Gasteiger partial charge in [0.15, 0.2) is 11.6 Å². The summed E-state index contributed by atoms with van der Waals surface area (Å²) in [6, 6.07) is 7.66. The molecule has 0 aliphatic heterocycles. The Bertz CT molecular complexity index is 622. The first-order valence-electron chi connectivity index (χ1n) is 5.79. The van der Waals surface area contributed by atoms with E-state index in [2.05, 4.69) is 10.3 Å². The van der Waals surface area contributed by atoms with Crippen LogP contribution in [0.1, 0.15) is 12.5 Å². The van der Waals surface area contributed by atoms with Gasteiger partial charge in [-0.1, -0.05) is 0 Å². The first-order chi connectivity index (χ1) is 9.22. The average molecular weight is 257 g/mol. The molecular formula is C14H12FN3O. The molecule has 0 unspecified atom stereocenters. The third kappa shape index (κ3) is 3.19. The highest BCUT2D eigenvalue weighted by atomic mass is 19.1. The minimum atomic E-state index is -0.576. The van der Waals surface area contributed by atoms with Gasteiger partial charge in [0.1, 0.15) is 5.75 Å². The highest BCUT2D eigenvalue weighted by Crippen LogP contribution is 2.26. The monoisotopic (exact) mass is 257 g/mol. The van der Waals surface area contributed by atoms with Crippen LogP contribution in [0, 0.1) is 17.1 Å². The maximum atomic E-state index is 13.7. The van der Waals surface area contributed by atoms with Gasteiger partial charge in [-0.15, -0.1) is 0 Å². The largest absolute Gasteiger partial charge is 0.453 e. The lowest BCUT2D eigenvalue weighted by atomic mass is 10.2. The summed E-state index contributed by atoms with van der Waals surface area (Å²) in [5.74, 6) is -0.0793. The molecular weight excluding hydrogens is 245 g/mol. The molecule has 0 aliphatic rings. The maximum Gasteiger partial charge on any atom is 0.167 e. The second-order valence-corrected chi connectivity index (χ2v) is 3.80. The van der Waals surface area contributed by atoms with Crippen molar-refractivity contribution in [2.75, 3.05) is 11.9 Å². The van der Waals surface area contributed by atoms with Crippen LogP contribution in [0.15, 0.2) is 36.7 Å². The molecule has 0 fully saturated rings. The summed E-state index contributed by atoms with van der Waals surface area (Å²) in [5, 5.41) is 11.7. The summed E-state index contributed by atoms with van der Waals surface area (Å²) in [5.41, 5.74) is 1.05. The van der Waals surface area contributed by atoms with Crippen molar-refractivity contribution in [2.24, 2.45) is 0 Å². The van der Waals surface area contributed by atoms with Crippen molar-refractivity contribution in [3.05, 3.63) is 48.0 Å². The standard InChI is InChI=1S/C14H12FN3O/c1-2-18-11-6-12(9-17-8-11)19-14-4-3-10(7-16)5-13(14)15/h3-6,8-9,18H,2H2,1H3. The van der Waals surface area contributed by atoms with Crippen LogP contribution in [0.5, 0.6) is 11.5 Å². The Morgan fingerprint density at radius 3 is 2.89 bits per heavy atom. The lowest BCUT2D eigenvalue weighted by molar-refractivity contribution is 0.440. The zero-order chi connectivity index (χ0) is 13.7. The number of nitriles is 1. The SMILES string of the molecule is CCNc1cncc(Oc2ccc(C#N)cc2F)c1. The number of ether oxygens (including phenoxy) is 1. The molecule has 0 amide bonds. The van der Waals surface area contributed by atoms with E-state index < -0.39 is 5.82 Å². The van der Waals surface area contributed by atoms with Gasteiger partial charge in [0.25, 0.3) is 0 Å². The first-order valence-corrected chi connectivity index (χ1v) is 5.79. The summed E-state index contributed by atoms with van der Waals surface area (Å²) in [7, 11) is 0. The molecule has 0 bridgehead atoms. The maximum absolute atomic E-state index is 13.7. The van der Waals surface area contributed by atoms with E-state index in [0.29, 0.717) is 5.75 Å². The summed E-state index contributed by atoms with van der Waals surface area (Å²) < 4.78 is 19.1. The second kappa shape index (κ2) is 5.83. The van der Waals surface area contributed by atoms with Gasteiger partial charge in [0, 0.05) is 12.6 Å². The Morgan fingerprint density at radius 1 is 1.37 bits per heavy atom. The second-order valence-electron chi connectivity index (χ2n) is 3.80. The van der Waals surface area contributed by atoms with E-state index in [9.17, 15) is 4.39 Å². The number of halogens is 1. The minimum absolute atomic E-state index is 0.0643. The van der Waals surface area contributed by atoms with Gasteiger partial charge >= 0.3 is 0 Å². The predicted molar refractivity (Wildman–Crippen MR) is 69.6 cm³/mol. The molecule has 96 valence electrons. The van der Waals surface area contributed by atoms with Crippen molar-refractivity contribution >= 4 is 5.69 Å². The van der Waals surface area contributed by atoms with E-state index in [1.54, 1.807) is 12.3 Å². The molecule has 19 heavy (non-hydrogen) atoms. The van der Waals surface area contributed by atoms with Crippen molar-refractivity contribution in [1.29, 1.82) is 5.26 Å². The van der Waals surface area contributed by atoms with Gasteiger partial charge in [-0.3, -0.25) is 4.98 Å². The molecule has 0 spiro atoms. The molecule has 0 saturated heterocycles. The summed E-state index contributed by atoms with van der Waals surface area (Å²) in [4.78, 5) is 4.00. The number of hydrogen-bond acceptors (Lipinski definition) is 4. The van der Waals surface area contributed by atoms with E-state index in [1.165, 1.54) is 18.3 Å². The molecule has 1 N–H and O–H groups in total. The quantitative estimate of drug-likeness (QED) is 0.912. The molecule has 1 aromatic heterocycles. The fraction of sp³-hybridized carbons (Fsp3) is 0.143. The van der Waals surface area contributed by atoms with Crippen LogP contribution in [-0.4, -0.2) is 11.5 Å². The molecule has 0 radical (unpaired) electrons. The van der Waals surface area contributed by atoms with Gasteiger partial charge in [0.05, 0.1) is 29.7 Å². The van der Waals surface area contributed by atoms with Crippen molar-refractivity contribution in [2.45, 2.75) is 6.92 Å². The Morgan fingerprint density at radius 2 is 2.21 bits per heavy atom. The lowest BCUT2D eigenvalue weighted by Crippen LogP contribution is -1.97. The van der Waals surface area contributed by atoms with Crippen LogP contribution in [-0.2, 0) is 0 Å². The third-order valence-electron chi connectivity index (χ3n) is 2.38. The van der Waals surface area contributed by atoms with Crippen molar-refractivity contribution < 1.29 is 9.13 Å². The van der Waals surface area contributed by atoms with E-state index in [1.807, 2.05) is 13.0 Å². The van der Waals surface area contributed by atoms with E-state index in [-0.39, 0.29) is 11.3 Å². The fourth-order valence-electron chi connectivity index (χ4n) is 1.56. The predicted octanol–water partition coefficient (Wildman–Crippen LogP) is 3.32. The normalized spacial score (nSPS) is 9.74.